The molecule has 5 nitrogen and oxygen atoms in total. The Labute approximate surface area is 212 Å². The smallest absolute Gasteiger partial charge is 0.175 e. The van der Waals surface area contributed by atoms with Crippen LogP contribution in [-0.4, -0.2) is 30.6 Å². The summed E-state index contributed by atoms with van der Waals surface area (Å²) in [6.45, 7) is 0.169. The number of benzene rings is 2. The molecular formula is C28H27BrFNO4. The lowest BCUT2D eigenvalue weighted by Gasteiger charge is -2.42. The number of Topliss-reactive ketones (excluding diaryl/α,β-unsaturated/α-hetero) is 2. The lowest BCUT2D eigenvalue weighted by Crippen LogP contribution is -2.37. The second kappa shape index (κ2) is 9.61. The van der Waals surface area contributed by atoms with Crippen molar-refractivity contribution in [3.8, 4) is 11.5 Å². The van der Waals surface area contributed by atoms with Crippen LogP contribution in [0.25, 0.3) is 0 Å². The second-order valence-corrected chi connectivity index (χ2v) is 10.1. The van der Waals surface area contributed by atoms with Gasteiger partial charge in [-0.25, -0.2) is 4.39 Å². The van der Waals surface area contributed by atoms with Crippen LogP contribution in [0.5, 0.6) is 11.5 Å². The maximum atomic E-state index is 13.6. The quantitative estimate of drug-likeness (QED) is 0.451. The summed E-state index contributed by atoms with van der Waals surface area (Å²) in [6.07, 6.45) is 4.29. The third-order valence-corrected chi connectivity index (χ3v) is 7.69. The van der Waals surface area contributed by atoms with Gasteiger partial charge in [-0.3, -0.25) is 9.59 Å². The number of ketones is 2. The highest BCUT2D eigenvalue weighted by molar-refractivity contribution is 9.10. The van der Waals surface area contributed by atoms with Crippen molar-refractivity contribution < 1.29 is 23.5 Å². The van der Waals surface area contributed by atoms with E-state index in [1.54, 1.807) is 19.2 Å². The third kappa shape index (κ3) is 4.31. The van der Waals surface area contributed by atoms with Crippen LogP contribution in [0.1, 0.15) is 55.6 Å². The van der Waals surface area contributed by atoms with Crippen molar-refractivity contribution in [1.82, 2.24) is 4.90 Å². The van der Waals surface area contributed by atoms with E-state index in [1.807, 2.05) is 19.2 Å². The van der Waals surface area contributed by atoms with Crippen molar-refractivity contribution in [2.24, 2.45) is 0 Å². The van der Waals surface area contributed by atoms with E-state index in [0.717, 1.165) is 53.8 Å². The number of hydrogen-bond acceptors (Lipinski definition) is 5. The van der Waals surface area contributed by atoms with E-state index in [9.17, 15) is 14.0 Å². The van der Waals surface area contributed by atoms with Crippen LogP contribution < -0.4 is 9.47 Å². The molecule has 7 heteroatoms. The van der Waals surface area contributed by atoms with Gasteiger partial charge in [0.15, 0.2) is 23.1 Å². The molecule has 0 amide bonds. The van der Waals surface area contributed by atoms with Crippen molar-refractivity contribution in [3.63, 3.8) is 0 Å². The highest BCUT2D eigenvalue weighted by atomic mass is 79.9. The topological polar surface area (TPSA) is 55.8 Å². The molecule has 0 bridgehead atoms. The Morgan fingerprint density at radius 3 is 2.26 bits per heavy atom. The zero-order valence-corrected chi connectivity index (χ0v) is 21.4. The van der Waals surface area contributed by atoms with Gasteiger partial charge >= 0.3 is 0 Å². The summed E-state index contributed by atoms with van der Waals surface area (Å²) in [5, 5.41) is 0. The average molecular weight is 540 g/mol. The highest BCUT2D eigenvalue weighted by Gasteiger charge is 2.42. The van der Waals surface area contributed by atoms with E-state index in [1.165, 1.54) is 12.1 Å². The Morgan fingerprint density at radius 2 is 1.66 bits per heavy atom. The number of nitrogens with zero attached hydrogens (tertiary/aromatic N) is 1. The minimum atomic E-state index is -0.417. The fourth-order valence-corrected chi connectivity index (χ4v) is 6.09. The van der Waals surface area contributed by atoms with Crippen LogP contribution in [0.2, 0.25) is 0 Å². The van der Waals surface area contributed by atoms with Gasteiger partial charge in [0.25, 0.3) is 0 Å². The summed E-state index contributed by atoms with van der Waals surface area (Å²) in [5.41, 5.74) is 5.04. The van der Waals surface area contributed by atoms with E-state index >= 15 is 0 Å². The molecule has 182 valence electrons. The van der Waals surface area contributed by atoms with E-state index in [0.29, 0.717) is 34.4 Å². The average Bonchev–Trinajstić information content (AvgIpc) is 2.84. The van der Waals surface area contributed by atoms with Crippen molar-refractivity contribution in [3.05, 3.63) is 80.4 Å². The molecule has 0 saturated carbocycles. The molecule has 0 radical (unpaired) electrons. The van der Waals surface area contributed by atoms with Gasteiger partial charge < -0.3 is 14.4 Å². The van der Waals surface area contributed by atoms with Crippen molar-refractivity contribution >= 4 is 27.5 Å². The van der Waals surface area contributed by atoms with Crippen LogP contribution in [0.4, 0.5) is 4.39 Å². The predicted molar refractivity (Wildman–Crippen MR) is 134 cm³/mol. The van der Waals surface area contributed by atoms with Crippen molar-refractivity contribution in [1.29, 1.82) is 0 Å². The summed E-state index contributed by atoms with van der Waals surface area (Å²) in [5.74, 6) is 0.447. The van der Waals surface area contributed by atoms with Gasteiger partial charge in [-0.15, -0.1) is 0 Å². The summed E-state index contributed by atoms with van der Waals surface area (Å²) in [4.78, 5) is 28.5. The van der Waals surface area contributed by atoms with Crippen LogP contribution >= 0.6 is 15.9 Å². The Balaban J connectivity index is 1.58. The number of methoxy groups -OCH3 is 1. The molecule has 0 saturated heterocycles. The van der Waals surface area contributed by atoms with Gasteiger partial charge in [0, 0.05) is 48.3 Å². The number of rotatable bonds is 5. The molecule has 5 rings (SSSR count). The zero-order chi connectivity index (χ0) is 24.7. The molecule has 0 atom stereocenters. The first-order valence-electron chi connectivity index (χ1n) is 11.9. The van der Waals surface area contributed by atoms with Gasteiger partial charge in [-0.1, -0.05) is 12.1 Å². The molecule has 0 unspecified atom stereocenters. The van der Waals surface area contributed by atoms with Crippen LogP contribution in [-0.2, 0) is 16.2 Å². The fourth-order valence-electron chi connectivity index (χ4n) is 5.51. The van der Waals surface area contributed by atoms with E-state index in [-0.39, 0.29) is 24.0 Å². The molecule has 0 spiro atoms. The van der Waals surface area contributed by atoms with E-state index in [4.69, 9.17) is 9.47 Å². The SMILES string of the molecule is COc1cc(C2C3=C(CCCC3=O)N(C)C3=C2C(=O)CCC3)cc(Br)c1OCc1cccc(F)c1. The minimum absolute atomic E-state index is 0.106. The first kappa shape index (κ1) is 23.8. The predicted octanol–water partition coefficient (Wildman–Crippen LogP) is 6.22. The molecule has 0 fully saturated rings. The first-order chi connectivity index (χ1) is 16.9. The number of carbonyl (C=O) groups is 2. The molecule has 0 aromatic heterocycles. The Morgan fingerprint density at radius 1 is 1.00 bits per heavy atom. The van der Waals surface area contributed by atoms with Crippen LogP contribution in [0, 0.1) is 5.82 Å². The monoisotopic (exact) mass is 539 g/mol. The summed E-state index contributed by atoms with van der Waals surface area (Å²) in [7, 11) is 3.54. The molecule has 2 aliphatic carbocycles. The molecule has 35 heavy (non-hydrogen) atoms. The van der Waals surface area contributed by atoms with Gasteiger partial charge in [-0.05, 0) is 77.0 Å². The van der Waals surface area contributed by atoms with Crippen molar-refractivity contribution in [2.75, 3.05) is 14.2 Å². The number of allylic oxidation sites excluding steroid dienone is 4. The number of carbonyl (C=O) groups excluding carboxylic acids is 2. The van der Waals surface area contributed by atoms with E-state index in [2.05, 4.69) is 20.8 Å². The highest BCUT2D eigenvalue weighted by Crippen LogP contribution is 2.50. The molecule has 0 N–H and O–H groups in total. The van der Waals surface area contributed by atoms with Gasteiger partial charge in [0.2, 0.25) is 0 Å². The maximum Gasteiger partial charge on any atom is 0.175 e. The summed E-state index contributed by atoms with van der Waals surface area (Å²) >= 11 is 3.62. The Hall–Kier alpha value is -2.93. The second-order valence-electron chi connectivity index (χ2n) is 9.22. The Bertz CT molecular complexity index is 1240. The van der Waals surface area contributed by atoms with Gasteiger partial charge in [0.1, 0.15) is 12.4 Å². The van der Waals surface area contributed by atoms with Crippen LogP contribution in [0.3, 0.4) is 0 Å². The molecule has 2 aromatic rings. The lowest BCUT2D eigenvalue weighted by molar-refractivity contribution is -0.117. The molecule has 1 aliphatic heterocycles. The lowest BCUT2D eigenvalue weighted by atomic mass is 9.71. The summed E-state index contributed by atoms with van der Waals surface area (Å²) < 4.78 is 25.9. The molecule has 3 aliphatic rings. The van der Waals surface area contributed by atoms with Crippen LogP contribution in [0.15, 0.2) is 63.4 Å². The largest absolute Gasteiger partial charge is 0.493 e. The molecule has 1 heterocycles. The normalized spacial score (nSPS) is 18.6. The summed E-state index contributed by atoms with van der Waals surface area (Å²) in [6, 6.07) is 10.0. The minimum Gasteiger partial charge on any atom is -0.493 e. The van der Waals surface area contributed by atoms with Gasteiger partial charge in [0.05, 0.1) is 11.6 Å². The first-order valence-corrected chi connectivity index (χ1v) is 12.7. The maximum absolute atomic E-state index is 13.6. The van der Waals surface area contributed by atoms with Crippen molar-refractivity contribution in [2.45, 2.75) is 51.0 Å². The molecular weight excluding hydrogens is 513 g/mol. The number of ether oxygens (including phenoxy) is 2. The van der Waals surface area contributed by atoms with E-state index < -0.39 is 5.92 Å². The zero-order valence-electron chi connectivity index (χ0n) is 19.8. The number of hydrogen-bond donors (Lipinski definition) is 0. The fraction of sp³-hybridized carbons (Fsp3) is 0.357. The standard InChI is InChI=1S/C28H27BrFNO4/c1-31-20-8-4-10-22(32)26(20)25(27-21(31)9-5-11-23(27)33)17-13-19(29)28(24(14-17)34-2)35-15-16-6-3-7-18(30)12-16/h3,6-7,12-14,25H,4-5,8-11,15H2,1-2H3. The number of halogens is 2. The molecule has 2 aromatic carbocycles. The van der Waals surface area contributed by atoms with Gasteiger partial charge in [-0.2, -0.15) is 0 Å². The Kier molecular flexibility index (Phi) is 6.53. The third-order valence-electron chi connectivity index (χ3n) is 7.10.